The highest BCUT2D eigenvalue weighted by Gasteiger charge is 2.44. The topological polar surface area (TPSA) is 135 Å². The molecular formula is C51H92O9. The first-order valence-corrected chi connectivity index (χ1v) is 24.7. The summed E-state index contributed by atoms with van der Waals surface area (Å²) >= 11 is 0. The van der Waals surface area contributed by atoms with Gasteiger partial charge in [0.05, 0.1) is 19.8 Å². The number of rotatable bonds is 42. The van der Waals surface area contributed by atoms with Crippen molar-refractivity contribution in [2.45, 2.75) is 243 Å². The van der Waals surface area contributed by atoms with Gasteiger partial charge in [-0.3, -0.25) is 4.79 Å². The van der Waals surface area contributed by atoms with E-state index in [4.69, 9.17) is 18.9 Å². The number of unbranched alkanes of at least 4 members (excludes halogenated alkanes) is 23. The molecule has 0 aliphatic carbocycles. The highest BCUT2D eigenvalue weighted by molar-refractivity contribution is 5.69. The van der Waals surface area contributed by atoms with E-state index in [-0.39, 0.29) is 19.2 Å². The summed E-state index contributed by atoms with van der Waals surface area (Å²) in [6.07, 6.45) is 45.7. The minimum absolute atomic E-state index is 0.120. The Bertz CT molecular complexity index is 1060. The molecule has 0 spiro atoms. The Hall–Kier alpha value is -1.85. The van der Waals surface area contributed by atoms with Gasteiger partial charge in [0, 0.05) is 13.0 Å². The molecule has 1 rings (SSSR count). The third-order valence-electron chi connectivity index (χ3n) is 11.2. The van der Waals surface area contributed by atoms with E-state index in [9.17, 15) is 25.2 Å². The van der Waals surface area contributed by atoms with Crippen molar-refractivity contribution in [3.05, 3.63) is 48.6 Å². The van der Waals surface area contributed by atoms with Crippen molar-refractivity contribution >= 4 is 5.97 Å². The van der Waals surface area contributed by atoms with Gasteiger partial charge >= 0.3 is 5.97 Å². The fourth-order valence-electron chi connectivity index (χ4n) is 7.38. The molecule has 4 N–H and O–H groups in total. The molecule has 1 fully saturated rings. The standard InChI is InChI=1S/C51H92O9/c1-3-5-7-9-11-13-15-17-19-21-22-23-24-25-26-28-30-32-34-36-38-40-47(53)59-45(44-58-51-50(56)49(55)48(54)46(42-52)60-51)43-57-41-39-37-35-33-31-29-27-20-18-16-14-12-10-8-6-4-2/h6,8,12,14,18,20-22,45-46,48-52,54-56H,3-5,7,9-11,13,15-17,19,23-44H2,1-2H3/b8-6-,14-12-,20-18-,22-21-. The third-order valence-corrected chi connectivity index (χ3v) is 11.2. The van der Waals surface area contributed by atoms with Crippen LogP contribution in [0.3, 0.4) is 0 Å². The minimum Gasteiger partial charge on any atom is -0.457 e. The van der Waals surface area contributed by atoms with Crippen LogP contribution in [0.2, 0.25) is 0 Å². The molecule has 0 aromatic heterocycles. The maximum Gasteiger partial charge on any atom is 0.306 e. The molecular weight excluding hydrogens is 757 g/mol. The van der Waals surface area contributed by atoms with Crippen LogP contribution < -0.4 is 0 Å². The molecule has 60 heavy (non-hydrogen) atoms. The molecule has 0 aromatic rings. The van der Waals surface area contributed by atoms with Gasteiger partial charge in [0.1, 0.15) is 30.5 Å². The molecule has 9 heteroatoms. The number of hydrogen-bond acceptors (Lipinski definition) is 9. The van der Waals surface area contributed by atoms with Gasteiger partial charge in [-0.25, -0.2) is 0 Å². The van der Waals surface area contributed by atoms with Crippen LogP contribution in [0, 0.1) is 0 Å². The lowest BCUT2D eigenvalue weighted by Gasteiger charge is -2.39. The molecule has 1 saturated heterocycles. The molecule has 0 amide bonds. The SMILES string of the molecule is CC/C=C\C/C=C\C/C=C\CCCCCCCCOCC(COC1OC(CO)C(O)C(O)C1O)OC(=O)CCCCCCCCCCC/C=C\CCCCCCCCCC. The van der Waals surface area contributed by atoms with E-state index < -0.39 is 43.4 Å². The maximum absolute atomic E-state index is 12.8. The Morgan fingerprint density at radius 3 is 1.55 bits per heavy atom. The van der Waals surface area contributed by atoms with E-state index in [1.54, 1.807) is 0 Å². The van der Waals surface area contributed by atoms with Crippen molar-refractivity contribution in [3.8, 4) is 0 Å². The highest BCUT2D eigenvalue weighted by Crippen LogP contribution is 2.23. The first kappa shape index (κ1) is 56.2. The Morgan fingerprint density at radius 2 is 1.02 bits per heavy atom. The van der Waals surface area contributed by atoms with E-state index >= 15 is 0 Å². The van der Waals surface area contributed by atoms with Gasteiger partial charge in [-0.15, -0.1) is 0 Å². The summed E-state index contributed by atoms with van der Waals surface area (Å²) in [7, 11) is 0. The van der Waals surface area contributed by atoms with Gasteiger partial charge in [0.15, 0.2) is 6.29 Å². The lowest BCUT2D eigenvalue weighted by molar-refractivity contribution is -0.305. The normalized spacial score (nSPS) is 20.4. The van der Waals surface area contributed by atoms with Gasteiger partial charge in [0.25, 0.3) is 0 Å². The first-order valence-electron chi connectivity index (χ1n) is 24.7. The molecule has 9 nitrogen and oxygen atoms in total. The van der Waals surface area contributed by atoms with Gasteiger partial charge in [-0.05, 0) is 70.6 Å². The van der Waals surface area contributed by atoms with E-state index in [1.807, 2.05) is 0 Å². The molecule has 0 aromatic carbocycles. The van der Waals surface area contributed by atoms with Crippen molar-refractivity contribution in [1.82, 2.24) is 0 Å². The zero-order valence-corrected chi connectivity index (χ0v) is 38.5. The summed E-state index contributed by atoms with van der Waals surface area (Å²) in [4.78, 5) is 12.8. The Balaban J connectivity index is 2.22. The van der Waals surface area contributed by atoms with Gasteiger partial charge < -0.3 is 39.4 Å². The van der Waals surface area contributed by atoms with Crippen LogP contribution in [-0.2, 0) is 23.7 Å². The number of carbonyl (C=O) groups is 1. The number of aliphatic hydroxyl groups is 4. The highest BCUT2D eigenvalue weighted by atomic mass is 16.7. The summed E-state index contributed by atoms with van der Waals surface area (Å²) in [6.45, 7) is 4.43. The van der Waals surface area contributed by atoms with E-state index in [2.05, 4.69) is 62.5 Å². The Labute approximate surface area is 367 Å². The first-order chi connectivity index (χ1) is 29.4. The number of aliphatic hydroxyl groups excluding tert-OH is 4. The van der Waals surface area contributed by atoms with E-state index in [0.717, 1.165) is 64.2 Å². The molecule has 1 aliphatic heterocycles. The molecule has 1 aliphatic rings. The number of allylic oxidation sites excluding steroid dienone is 8. The van der Waals surface area contributed by atoms with Crippen molar-refractivity contribution in [2.75, 3.05) is 26.4 Å². The summed E-state index contributed by atoms with van der Waals surface area (Å²) in [5.74, 6) is -0.320. The van der Waals surface area contributed by atoms with E-state index in [0.29, 0.717) is 13.0 Å². The third kappa shape index (κ3) is 32.8. The second-order valence-corrected chi connectivity index (χ2v) is 16.9. The monoisotopic (exact) mass is 849 g/mol. The van der Waals surface area contributed by atoms with Crippen molar-refractivity contribution < 1.29 is 44.2 Å². The summed E-state index contributed by atoms with van der Waals surface area (Å²) in [5, 5.41) is 40.2. The minimum atomic E-state index is -1.54. The van der Waals surface area contributed by atoms with E-state index in [1.165, 1.54) is 122 Å². The number of carbonyl (C=O) groups excluding carboxylic acids is 1. The van der Waals surface area contributed by atoms with Gasteiger partial charge in [-0.1, -0.05) is 178 Å². The van der Waals surface area contributed by atoms with Crippen molar-refractivity contribution in [1.29, 1.82) is 0 Å². The average molecular weight is 849 g/mol. The van der Waals surface area contributed by atoms with Gasteiger partial charge in [-0.2, -0.15) is 0 Å². The number of hydrogen-bond donors (Lipinski definition) is 4. The molecule has 6 atom stereocenters. The van der Waals surface area contributed by atoms with Crippen LogP contribution in [0.4, 0.5) is 0 Å². The lowest BCUT2D eigenvalue weighted by atomic mass is 9.99. The maximum atomic E-state index is 12.8. The summed E-state index contributed by atoms with van der Waals surface area (Å²) in [6, 6.07) is 0. The molecule has 6 unspecified atom stereocenters. The fourth-order valence-corrected chi connectivity index (χ4v) is 7.38. The summed E-state index contributed by atoms with van der Waals surface area (Å²) in [5.41, 5.74) is 0. The van der Waals surface area contributed by atoms with Crippen molar-refractivity contribution in [2.24, 2.45) is 0 Å². The van der Waals surface area contributed by atoms with Crippen molar-refractivity contribution in [3.63, 3.8) is 0 Å². The number of esters is 1. The Morgan fingerprint density at radius 1 is 0.550 bits per heavy atom. The quantitative estimate of drug-likeness (QED) is 0.0269. The van der Waals surface area contributed by atoms with Gasteiger partial charge in [0.2, 0.25) is 0 Å². The molecule has 350 valence electrons. The smallest absolute Gasteiger partial charge is 0.306 e. The predicted molar refractivity (Wildman–Crippen MR) is 247 cm³/mol. The van der Waals surface area contributed by atoms with Crippen LogP contribution in [0.5, 0.6) is 0 Å². The second kappa shape index (κ2) is 42.5. The zero-order chi connectivity index (χ0) is 43.6. The summed E-state index contributed by atoms with van der Waals surface area (Å²) < 4.78 is 22.9. The largest absolute Gasteiger partial charge is 0.457 e. The van der Waals surface area contributed by atoms with Crippen LogP contribution in [-0.4, -0.2) is 89.6 Å². The molecule has 1 heterocycles. The van der Waals surface area contributed by atoms with Crippen LogP contribution >= 0.6 is 0 Å². The van der Waals surface area contributed by atoms with Crippen LogP contribution in [0.25, 0.3) is 0 Å². The lowest BCUT2D eigenvalue weighted by Crippen LogP contribution is -2.59. The molecule has 0 radical (unpaired) electrons. The van der Waals surface area contributed by atoms with Crippen LogP contribution in [0.15, 0.2) is 48.6 Å². The second-order valence-electron chi connectivity index (χ2n) is 16.9. The predicted octanol–water partition coefficient (Wildman–Crippen LogP) is 11.7. The van der Waals surface area contributed by atoms with Crippen LogP contribution in [0.1, 0.15) is 206 Å². The fraction of sp³-hybridized carbons (Fsp3) is 0.824. The molecule has 0 saturated carbocycles. The average Bonchev–Trinajstić information content (AvgIpc) is 3.25. The zero-order valence-electron chi connectivity index (χ0n) is 38.5. The Kier molecular flexibility index (Phi) is 39.7. The molecule has 0 bridgehead atoms. The number of ether oxygens (including phenoxy) is 4.